The molecule has 0 N–H and O–H groups in total. The standard InChI is InChI=1S/C25H23NO2/c1-5-8-18-12-16(3)23(17(4)13-18)24-22(27)15-20(25(24)28)14-19-10-7-11-26-21(19)9-6-2/h7,10-13,20,24H,14-15H2,1-4H3. The summed E-state index contributed by atoms with van der Waals surface area (Å²) in [6.07, 6.45) is 2.46. The number of pyridine rings is 1. The molecule has 0 aliphatic heterocycles. The minimum Gasteiger partial charge on any atom is -0.298 e. The summed E-state index contributed by atoms with van der Waals surface area (Å²) in [4.78, 5) is 30.3. The fourth-order valence-corrected chi connectivity index (χ4v) is 4.08. The number of nitrogens with zero attached hydrogens (tertiary/aromatic N) is 1. The zero-order valence-corrected chi connectivity index (χ0v) is 16.7. The van der Waals surface area contributed by atoms with Crippen molar-refractivity contribution in [2.45, 2.75) is 46.5 Å². The van der Waals surface area contributed by atoms with Gasteiger partial charge in [-0.2, -0.15) is 0 Å². The molecule has 1 aromatic carbocycles. The van der Waals surface area contributed by atoms with E-state index in [1.54, 1.807) is 20.0 Å². The average Bonchev–Trinajstić information content (AvgIpc) is 2.91. The first-order valence-electron chi connectivity index (χ1n) is 9.43. The van der Waals surface area contributed by atoms with E-state index in [0.29, 0.717) is 12.1 Å². The van der Waals surface area contributed by atoms with E-state index in [9.17, 15) is 9.59 Å². The Morgan fingerprint density at radius 3 is 2.39 bits per heavy atom. The number of carbonyl (C=O) groups is 2. The van der Waals surface area contributed by atoms with Gasteiger partial charge in [-0.25, -0.2) is 4.98 Å². The van der Waals surface area contributed by atoms with Gasteiger partial charge in [-0.1, -0.05) is 17.9 Å². The molecule has 1 saturated carbocycles. The first kappa shape index (κ1) is 19.6. The van der Waals surface area contributed by atoms with Gasteiger partial charge in [0.25, 0.3) is 0 Å². The molecule has 1 fully saturated rings. The van der Waals surface area contributed by atoms with E-state index in [1.165, 1.54) is 0 Å². The topological polar surface area (TPSA) is 47.0 Å². The predicted octanol–water partition coefficient (Wildman–Crippen LogP) is 3.93. The number of aromatic nitrogens is 1. The van der Waals surface area contributed by atoms with Crippen molar-refractivity contribution in [3.8, 4) is 23.7 Å². The molecule has 0 radical (unpaired) electrons. The largest absolute Gasteiger partial charge is 0.298 e. The molecule has 0 bridgehead atoms. The lowest BCUT2D eigenvalue weighted by Crippen LogP contribution is -2.19. The van der Waals surface area contributed by atoms with Crippen molar-refractivity contribution in [3.05, 3.63) is 64.0 Å². The number of aryl methyl sites for hydroxylation is 2. The molecule has 1 aliphatic rings. The van der Waals surface area contributed by atoms with Gasteiger partial charge in [-0.3, -0.25) is 9.59 Å². The molecule has 2 atom stereocenters. The molecule has 3 rings (SSSR count). The Balaban J connectivity index is 1.93. The maximum absolute atomic E-state index is 13.2. The van der Waals surface area contributed by atoms with Gasteiger partial charge < -0.3 is 0 Å². The second-order valence-electron chi connectivity index (χ2n) is 7.19. The summed E-state index contributed by atoms with van der Waals surface area (Å²) in [5.74, 6) is 10.8. The summed E-state index contributed by atoms with van der Waals surface area (Å²) < 4.78 is 0. The molecule has 0 spiro atoms. The number of hydrogen-bond donors (Lipinski definition) is 0. The Morgan fingerprint density at radius 1 is 1.07 bits per heavy atom. The van der Waals surface area contributed by atoms with Crippen LogP contribution >= 0.6 is 0 Å². The second-order valence-corrected chi connectivity index (χ2v) is 7.19. The molecule has 28 heavy (non-hydrogen) atoms. The highest BCUT2D eigenvalue weighted by molar-refractivity contribution is 6.15. The minimum atomic E-state index is -0.675. The third kappa shape index (κ3) is 3.75. The molecule has 1 heterocycles. The fraction of sp³-hybridized carbons (Fsp3) is 0.320. The molecule has 1 aliphatic carbocycles. The van der Waals surface area contributed by atoms with Crippen LogP contribution in [0.1, 0.15) is 59.7 Å². The highest BCUT2D eigenvalue weighted by Gasteiger charge is 2.43. The smallest absolute Gasteiger partial charge is 0.151 e. The summed E-state index contributed by atoms with van der Waals surface area (Å²) in [6.45, 7) is 7.46. The number of benzene rings is 1. The van der Waals surface area contributed by atoms with Crippen molar-refractivity contribution in [1.29, 1.82) is 0 Å². The summed E-state index contributed by atoms with van der Waals surface area (Å²) in [5, 5.41) is 0. The van der Waals surface area contributed by atoms with Gasteiger partial charge in [-0.05, 0) is 80.5 Å². The SMILES string of the molecule is CC#Cc1cc(C)c(C2C(=O)CC(Cc3cccnc3C#CC)C2=O)c(C)c1. The van der Waals surface area contributed by atoms with Crippen molar-refractivity contribution in [3.63, 3.8) is 0 Å². The number of hydrogen-bond acceptors (Lipinski definition) is 3. The van der Waals surface area contributed by atoms with Crippen molar-refractivity contribution in [1.82, 2.24) is 4.98 Å². The molecule has 140 valence electrons. The fourth-order valence-electron chi connectivity index (χ4n) is 4.08. The van der Waals surface area contributed by atoms with Gasteiger partial charge in [-0.15, -0.1) is 5.92 Å². The summed E-state index contributed by atoms with van der Waals surface area (Å²) in [5.41, 5.74) is 5.26. The van der Waals surface area contributed by atoms with Crippen LogP contribution in [-0.2, 0) is 16.0 Å². The Bertz CT molecular complexity index is 1050. The molecule has 0 amide bonds. The summed E-state index contributed by atoms with van der Waals surface area (Å²) in [6, 6.07) is 7.70. The van der Waals surface area contributed by atoms with Gasteiger partial charge >= 0.3 is 0 Å². The lowest BCUT2D eigenvalue weighted by atomic mass is 9.85. The molecular weight excluding hydrogens is 346 g/mol. The first-order valence-corrected chi connectivity index (χ1v) is 9.43. The molecule has 2 unspecified atom stereocenters. The molecular formula is C25H23NO2. The van der Waals surface area contributed by atoms with Crippen molar-refractivity contribution in [2.24, 2.45) is 5.92 Å². The molecule has 0 saturated heterocycles. The van der Waals surface area contributed by atoms with Gasteiger partial charge in [0.2, 0.25) is 0 Å². The van der Waals surface area contributed by atoms with Gasteiger partial charge in [0.05, 0.1) is 0 Å². The Morgan fingerprint density at radius 2 is 1.75 bits per heavy atom. The van der Waals surface area contributed by atoms with Crippen LogP contribution in [-0.4, -0.2) is 16.6 Å². The Hall–Kier alpha value is -3.17. The third-order valence-electron chi connectivity index (χ3n) is 5.21. The van der Waals surface area contributed by atoms with E-state index in [0.717, 1.165) is 27.8 Å². The Kier molecular flexibility index (Phi) is 5.76. The predicted molar refractivity (Wildman–Crippen MR) is 110 cm³/mol. The zero-order chi connectivity index (χ0) is 20.3. The lowest BCUT2D eigenvalue weighted by Gasteiger charge is -2.16. The molecule has 3 nitrogen and oxygen atoms in total. The van der Waals surface area contributed by atoms with E-state index in [4.69, 9.17) is 0 Å². The van der Waals surface area contributed by atoms with Gasteiger partial charge in [0.1, 0.15) is 17.4 Å². The summed E-state index contributed by atoms with van der Waals surface area (Å²) >= 11 is 0. The maximum Gasteiger partial charge on any atom is 0.151 e. The Labute approximate surface area is 166 Å². The van der Waals surface area contributed by atoms with Crippen molar-refractivity contribution < 1.29 is 9.59 Å². The van der Waals surface area contributed by atoms with Crippen LogP contribution in [0.3, 0.4) is 0 Å². The minimum absolute atomic E-state index is 0.00235. The van der Waals surface area contributed by atoms with E-state index in [1.807, 2.05) is 38.1 Å². The van der Waals surface area contributed by atoms with Crippen LogP contribution in [0.25, 0.3) is 0 Å². The van der Waals surface area contributed by atoms with Crippen molar-refractivity contribution >= 4 is 11.6 Å². The summed E-state index contributed by atoms with van der Waals surface area (Å²) in [7, 11) is 0. The maximum atomic E-state index is 13.2. The van der Waals surface area contributed by atoms with E-state index >= 15 is 0 Å². The number of Topliss-reactive ketones (excluding diaryl/α,β-unsaturated/α-hetero) is 2. The lowest BCUT2D eigenvalue weighted by molar-refractivity contribution is -0.124. The molecule has 3 heteroatoms. The second kappa shape index (κ2) is 8.24. The van der Waals surface area contributed by atoms with Gasteiger partial charge in [0, 0.05) is 24.1 Å². The van der Waals surface area contributed by atoms with Crippen LogP contribution in [0.5, 0.6) is 0 Å². The zero-order valence-electron chi connectivity index (χ0n) is 16.7. The monoisotopic (exact) mass is 369 g/mol. The molecule has 2 aromatic rings. The normalized spacial score (nSPS) is 18.3. The number of ketones is 2. The van der Waals surface area contributed by atoms with E-state index in [-0.39, 0.29) is 23.9 Å². The first-order chi connectivity index (χ1) is 13.5. The van der Waals surface area contributed by atoms with E-state index in [2.05, 4.69) is 28.7 Å². The van der Waals surface area contributed by atoms with Crippen LogP contribution in [0, 0.1) is 43.4 Å². The van der Waals surface area contributed by atoms with E-state index < -0.39 is 5.92 Å². The van der Waals surface area contributed by atoms with Gasteiger partial charge in [0.15, 0.2) is 5.78 Å². The third-order valence-corrected chi connectivity index (χ3v) is 5.21. The van der Waals surface area contributed by atoms with Crippen LogP contribution in [0.15, 0.2) is 30.5 Å². The molecule has 1 aromatic heterocycles. The van der Waals surface area contributed by atoms with Crippen molar-refractivity contribution in [2.75, 3.05) is 0 Å². The van der Waals surface area contributed by atoms with Crippen LogP contribution in [0.4, 0.5) is 0 Å². The quantitative estimate of drug-likeness (QED) is 0.608. The van der Waals surface area contributed by atoms with Crippen LogP contribution in [0.2, 0.25) is 0 Å². The van der Waals surface area contributed by atoms with Crippen LogP contribution < -0.4 is 0 Å². The highest BCUT2D eigenvalue weighted by Crippen LogP contribution is 2.37. The number of carbonyl (C=O) groups excluding carboxylic acids is 2. The number of rotatable bonds is 3. The average molecular weight is 369 g/mol. The highest BCUT2D eigenvalue weighted by atomic mass is 16.2.